The molecule has 0 aliphatic heterocycles. The van der Waals surface area contributed by atoms with Crippen molar-refractivity contribution in [2.45, 2.75) is 251 Å². The van der Waals surface area contributed by atoms with Gasteiger partial charge in [0.15, 0.2) is 0 Å². The van der Waals surface area contributed by atoms with E-state index in [0.29, 0.717) is 19.3 Å². The van der Waals surface area contributed by atoms with Crippen LogP contribution in [0.1, 0.15) is 233 Å². The molecule has 0 aromatic carbocycles. The number of carbonyl (C=O) groups is 2. The topological polar surface area (TPSA) is 95.9 Å². The number of allylic oxidation sites excluding steroid dienone is 4. The largest absolute Gasteiger partial charge is 0.462 e. The lowest BCUT2D eigenvalue weighted by atomic mass is 10.0. The molecule has 52 heavy (non-hydrogen) atoms. The summed E-state index contributed by atoms with van der Waals surface area (Å²) in [6.45, 7) is 6.42. The van der Waals surface area contributed by atoms with E-state index in [1.54, 1.807) is 0 Å². The van der Waals surface area contributed by atoms with E-state index in [4.69, 9.17) is 4.74 Å². The molecule has 3 atom stereocenters. The van der Waals surface area contributed by atoms with Crippen molar-refractivity contribution in [3.05, 3.63) is 24.3 Å². The van der Waals surface area contributed by atoms with Crippen molar-refractivity contribution in [3.8, 4) is 0 Å². The van der Waals surface area contributed by atoms with Gasteiger partial charge in [0, 0.05) is 6.42 Å². The van der Waals surface area contributed by atoms with E-state index < -0.39 is 18.2 Å². The average Bonchev–Trinajstić information content (AvgIpc) is 3.13. The van der Waals surface area contributed by atoms with Crippen LogP contribution in [0.5, 0.6) is 0 Å². The molecule has 0 spiro atoms. The summed E-state index contributed by atoms with van der Waals surface area (Å²) >= 11 is 0. The van der Waals surface area contributed by atoms with Gasteiger partial charge in [-0.1, -0.05) is 199 Å². The number of amides is 1. The minimum Gasteiger partial charge on any atom is -0.462 e. The molecule has 306 valence electrons. The second-order valence-electron chi connectivity index (χ2n) is 15.5. The molecule has 3 N–H and O–H groups in total. The fourth-order valence-electron chi connectivity index (χ4n) is 6.84. The molecule has 0 rings (SSSR count). The third-order valence-electron chi connectivity index (χ3n) is 10.3. The summed E-state index contributed by atoms with van der Waals surface area (Å²) in [6, 6.07) is -0.708. The van der Waals surface area contributed by atoms with Gasteiger partial charge in [0.25, 0.3) is 0 Å². The number of hydrogen-bond donors (Lipinski definition) is 3. The summed E-state index contributed by atoms with van der Waals surface area (Å²) in [4.78, 5) is 25.9. The summed E-state index contributed by atoms with van der Waals surface area (Å²) in [7, 11) is 0. The van der Waals surface area contributed by atoms with E-state index in [2.05, 4.69) is 50.4 Å². The van der Waals surface area contributed by atoms with Crippen molar-refractivity contribution in [2.75, 3.05) is 6.61 Å². The van der Waals surface area contributed by atoms with Gasteiger partial charge in [-0.15, -0.1) is 0 Å². The summed E-state index contributed by atoms with van der Waals surface area (Å²) in [6.07, 6.45) is 43.9. The highest BCUT2D eigenvalue weighted by Gasteiger charge is 2.24. The average molecular weight is 734 g/mol. The first kappa shape index (κ1) is 50.3. The Morgan fingerprint density at radius 3 is 1.46 bits per heavy atom. The number of hydrogen-bond acceptors (Lipinski definition) is 5. The molecule has 0 saturated heterocycles. The molecule has 6 nitrogen and oxygen atoms in total. The predicted octanol–water partition coefficient (Wildman–Crippen LogP) is 12.8. The Labute approximate surface area is 322 Å². The Kier molecular flexibility index (Phi) is 39.2. The SMILES string of the molecule is CCCCCCCCC/C=C/C=C/CCCC(CC(=O)NC(CO)C(O)CCCCCCCCCCC)OC(=O)CCCCCCCCCCCC. The molecular formula is C46H87NO5. The van der Waals surface area contributed by atoms with Crippen LogP contribution in [0.3, 0.4) is 0 Å². The van der Waals surface area contributed by atoms with E-state index in [1.807, 2.05) is 0 Å². The first-order valence-corrected chi connectivity index (χ1v) is 22.6. The van der Waals surface area contributed by atoms with Crippen LogP contribution in [0.15, 0.2) is 24.3 Å². The lowest BCUT2D eigenvalue weighted by molar-refractivity contribution is -0.151. The maximum absolute atomic E-state index is 13.1. The second-order valence-corrected chi connectivity index (χ2v) is 15.5. The Balaban J connectivity index is 4.67. The zero-order valence-corrected chi connectivity index (χ0v) is 34.7. The van der Waals surface area contributed by atoms with Gasteiger partial charge in [0.1, 0.15) is 6.10 Å². The maximum atomic E-state index is 13.1. The highest BCUT2D eigenvalue weighted by atomic mass is 16.5. The first-order chi connectivity index (χ1) is 25.5. The lowest BCUT2D eigenvalue weighted by Gasteiger charge is -2.24. The number of aliphatic hydroxyl groups is 2. The van der Waals surface area contributed by atoms with Gasteiger partial charge in [-0.2, -0.15) is 0 Å². The van der Waals surface area contributed by atoms with Gasteiger partial charge in [0.05, 0.1) is 25.2 Å². The molecule has 0 aliphatic rings. The minimum absolute atomic E-state index is 0.0487. The smallest absolute Gasteiger partial charge is 0.306 e. The van der Waals surface area contributed by atoms with Crippen LogP contribution in [0.25, 0.3) is 0 Å². The normalized spacial score (nSPS) is 13.6. The molecule has 1 amide bonds. The van der Waals surface area contributed by atoms with E-state index in [0.717, 1.165) is 57.8 Å². The maximum Gasteiger partial charge on any atom is 0.306 e. The fourth-order valence-corrected chi connectivity index (χ4v) is 6.84. The van der Waals surface area contributed by atoms with Crippen LogP contribution >= 0.6 is 0 Å². The zero-order chi connectivity index (χ0) is 38.2. The number of unbranched alkanes of at least 4 members (excludes halogenated alkanes) is 25. The third kappa shape index (κ3) is 35.4. The molecule has 0 fully saturated rings. The van der Waals surface area contributed by atoms with Gasteiger partial charge < -0.3 is 20.3 Å². The first-order valence-electron chi connectivity index (χ1n) is 22.6. The van der Waals surface area contributed by atoms with Crippen molar-refractivity contribution in [1.29, 1.82) is 0 Å². The Hall–Kier alpha value is -1.66. The quantitative estimate of drug-likeness (QED) is 0.0331. The molecule has 3 unspecified atom stereocenters. The Morgan fingerprint density at radius 2 is 0.981 bits per heavy atom. The number of rotatable bonds is 40. The number of ether oxygens (including phenoxy) is 1. The highest BCUT2D eigenvalue weighted by Crippen LogP contribution is 2.16. The molecule has 0 radical (unpaired) electrons. The zero-order valence-electron chi connectivity index (χ0n) is 34.7. The molecule has 0 heterocycles. The minimum atomic E-state index is -0.792. The van der Waals surface area contributed by atoms with E-state index in [-0.39, 0.29) is 24.9 Å². The number of esters is 1. The summed E-state index contributed by atoms with van der Waals surface area (Å²) < 4.78 is 5.86. The summed E-state index contributed by atoms with van der Waals surface area (Å²) in [5, 5.41) is 23.5. The molecule has 0 aromatic heterocycles. The van der Waals surface area contributed by atoms with Crippen LogP contribution in [-0.4, -0.2) is 46.9 Å². The molecule has 6 heteroatoms. The summed E-state index contributed by atoms with van der Waals surface area (Å²) in [5.41, 5.74) is 0. The Bertz CT molecular complexity index is 828. The van der Waals surface area contributed by atoms with Crippen LogP contribution in [-0.2, 0) is 14.3 Å². The number of carbonyl (C=O) groups excluding carboxylic acids is 2. The van der Waals surface area contributed by atoms with Gasteiger partial charge in [0.2, 0.25) is 5.91 Å². The molecule has 0 bridgehead atoms. The standard InChI is InChI=1S/C46H87NO5/c1-4-7-10-13-16-19-21-22-23-24-26-28-31-34-37-42(52-46(51)39-36-33-30-27-20-17-14-11-8-5-2)40-45(50)47-43(41-48)44(49)38-35-32-29-25-18-15-12-9-6-3/h23-24,26,28,42-44,48-49H,4-22,25,27,29-41H2,1-3H3,(H,47,50)/b24-23+,28-26+. The highest BCUT2D eigenvalue weighted by molar-refractivity contribution is 5.77. The molecule has 0 aromatic rings. The second kappa shape index (κ2) is 40.5. The predicted molar refractivity (Wildman–Crippen MR) is 223 cm³/mol. The van der Waals surface area contributed by atoms with Gasteiger partial charge >= 0.3 is 5.97 Å². The van der Waals surface area contributed by atoms with Crippen molar-refractivity contribution < 1.29 is 24.5 Å². The van der Waals surface area contributed by atoms with E-state index >= 15 is 0 Å². The van der Waals surface area contributed by atoms with Crippen LogP contribution < -0.4 is 5.32 Å². The summed E-state index contributed by atoms with van der Waals surface area (Å²) in [5.74, 6) is -0.518. The number of nitrogens with one attached hydrogen (secondary N) is 1. The van der Waals surface area contributed by atoms with Crippen molar-refractivity contribution >= 4 is 11.9 Å². The van der Waals surface area contributed by atoms with E-state index in [9.17, 15) is 19.8 Å². The number of aliphatic hydroxyl groups excluding tert-OH is 2. The van der Waals surface area contributed by atoms with Crippen molar-refractivity contribution in [1.82, 2.24) is 5.32 Å². The van der Waals surface area contributed by atoms with Gasteiger partial charge in [-0.05, 0) is 44.9 Å². The fraction of sp³-hybridized carbons (Fsp3) is 0.870. The van der Waals surface area contributed by atoms with Crippen LogP contribution in [0.4, 0.5) is 0 Å². The van der Waals surface area contributed by atoms with Crippen molar-refractivity contribution in [2.24, 2.45) is 0 Å². The molecular weight excluding hydrogens is 647 g/mol. The monoisotopic (exact) mass is 734 g/mol. The van der Waals surface area contributed by atoms with Crippen LogP contribution in [0, 0.1) is 0 Å². The molecule has 0 aliphatic carbocycles. The molecule has 0 saturated carbocycles. The van der Waals surface area contributed by atoms with E-state index in [1.165, 1.54) is 128 Å². The van der Waals surface area contributed by atoms with Crippen LogP contribution in [0.2, 0.25) is 0 Å². The third-order valence-corrected chi connectivity index (χ3v) is 10.3. The lowest BCUT2D eigenvalue weighted by Crippen LogP contribution is -2.46. The van der Waals surface area contributed by atoms with Crippen molar-refractivity contribution in [3.63, 3.8) is 0 Å². The van der Waals surface area contributed by atoms with Gasteiger partial charge in [-0.3, -0.25) is 9.59 Å². The van der Waals surface area contributed by atoms with Gasteiger partial charge in [-0.25, -0.2) is 0 Å². The Morgan fingerprint density at radius 1 is 0.558 bits per heavy atom.